The third-order valence-corrected chi connectivity index (χ3v) is 12.1. The van der Waals surface area contributed by atoms with E-state index in [0.29, 0.717) is 62.0 Å². The van der Waals surface area contributed by atoms with Crippen LogP contribution in [0.3, 0.4) is 0 Å². The predicted octanol–water partition coefficient (Wildman–Crippen LogP) is 10.6. The number of piperidine rings is 2. The van der Waals surface area contributed by atoms with Crippen LogP contribution >= 0.6 is 46.4 Å². The van der Waals surface area contributed by atoms with Gasteiger partial charge in [-0.15, -0.1) is 46.4 Å². The van der Waals surface area contributed by atoms with Crippen molar-refractivity contribution < 1.29 is 24.3 Å². The molecule has 0 aliphatic carbocycles. The normalized spacial score (nSPS) is 18.9. The molecule has 2 aliphatic heterocycles. The molecule has 2 aliphatic rings. The molecule has 2 saturated heterocycles. The third-order valence-electron chi connectivity index (χ3n) is 11.5. The van der Waals surface area contributed by atoms with Gasteiger partial charge < -0.3 is 34.8 Å². The standard InChI is InChI=1S/C23H36Cl2N2O3.C23H35Cl2N2O3/c2*1-22(2)16-20(17-23(3,4)27(22)29)30-21(28)7-5-6-18-8-10-19(11-9-18)26(14-12-24)15-13-25/h8-11,20,29H,5-7,12-17H2,1-4H3;8-11,20H,5-7,12-17H2,1-4H3/q;-1. The summed E-state index contributed by atoms with van der Waals surface area (Å²) in [6.07, 6.45) is 5.91. The molecule has 2 aromatic carbocycles. The summed E-state index contributed by atoms with van der Waals surface area (Å²) in [5.74, 6) is 1.90. The minimum atomic E-state index is -0.532. The molecule has 4 rings (SSSR count). The van der Waals surface area contributed by atoms with Crippen molar-refractivity contribution in [2.45, 2.75) is 154 Å². The smallest absolute Gasteiger partial charge is 0.306 e. The Labute approximate surface area is 380 Å². The van der Waals surface area contributed by atoms with E-state index in [9.17, 15) is 20.0 Å². The van der Waals surface area contributed by atoms with E-state index in [1.165, 1.54) is 16.2 Å². The topological polar surface area (TPSA) is 109 Å². The Bertz CT molecular complexity index is 1430. The van der Waals surface area contributed by atoms with Crippen LogP contribution in [0.15, 0.2) is 48.5 Å². The van der Waals surface area contributed by atoms with E-state index in [-0.39, 0.29) is 24.1 Å². The molecule has 1 N–H and O–H groups in total. The number of rotatable bonds is 20. The number of hydrogen-bond acceptors (Lipinski definition) is 10. The SMILES string of the molecule is CC1(C)CC(OC(=O)CCCc2ccc(N(CCCl)CCCl)cc2)CC(C)(C)N1O.CC1(C)CC(OC(=O)CCCc2ccc(N(CCCl)CCCl)cc2)CC(C)(C)N1[O-]. The number of anilines is 2. The van der Waals surface area contributed by atoms with Gasteiger partial charge in [-0.1, -0.05) is 24.3 Å². The minimum Gasteiger partial charge on any atom is -0.784 e. The maximum atomic E-state index is 12.4. The summed E-state index contributed by atoms with van der Waals surface area (Å²) in [6.45, 7) is 18.6. The van der Waals surface area contributed by atoms with E-state index >= 15 is 0 Å². The van der Waals surface area contributed by atoms with Gasteiger partial charge in [0.1, 0.15) is 12.2 Å². The first-order chi connectivity index (χ1) is 28.2. The van der Waals surface area contributed by atoms with Crippen LogP contribution in [0.1, 0.15) is 118 Å². The maximum Gasteiger partial charge on any atom is 0.306 e. The lowest BCUT2D eigenvalue weighted by Gasteiger charge is -2.59. The lowest BCUT2D eigenvalue weighted by molar-refractivity contribution is -0.259. The monoisotopic (exact) mass is 915 g/mol. The van der Waals surface area contributed by atoms with Crippen LogP contribution in [0.5, 0.6) is 0 Å². The second kappa shape index (κ2) is 24.2. The summed E-state index contributed by atoms with van der Waals surface area (Å²) < 4.78 is 11.5. The molecule has 2 heterocycles. The number of esters is 2. The van der Waals surface area contributed by atoms with Gasteiger partial charge in [-0.25, -0.2) is 0 Å². The number of nitrogens with zero attached hydrogens (tertiary/aromatic N) is 4. The molecule has 340 valence electrons. The molecule has 2 fully saturated rings. The first-order valence-corrected chi connectivity index (χ1v) is 23.6. The zero-order valence-corrected chi connectivity index (χ0v) is 40.3. The lowest BCUT2D eigenvalue weighted by Crippen LogP contribution is -2.60. The van der Waals surface area contributed by atoms with Crippen LogP contribution in [0.2, 0.25) is 0 Å². The first kappa shape index (κ1) is 52.3. The molecule has 2 aromatic rings. The summed E-state index contributed by atoms with van der Waals surface area (Å²) in [4.78, 5) is 29.0. The zero-order chi connectivity index (χ0) is 44.7. The van der Waals surface area contributed by atoms with E-state index in [2.05, 4.69) is 58.3 Å². The number of carbonyl (C=O) groups is 2. The molecule has 14 heteroatoms. The van der Waals surface area contributed by atoms with Crippen molar-refractivity contribution in [3.05, 3.63) is 64.9 Å². The van der Waals surface area contributed by atoms with Gasteiger partial charge in [-0.3, -0.25) is 9.59 Å². The average Bonchev–Trinajstić information content (AvgIpc) is 3.16. The van der Waals surface area contributed by atoms with E-state index in [1.54, 1.807) is 0 Å². The number of hydrogen-bond donors (Lipinski definition) is 1. The molecular formula is C46H71Cl4N4O6-. The van der Waals surface area contributed by atoms with Crippen molar-refractivity contribution in [1.29, 1.82) is 0 Å². The predicted molar refractivity (Wildman–Crippen MR) is 249 cm³/mol. The van der Waals surface area contributed by atoms with Gasteiger partial charge in [0.15, 0.2) is 0 Å². The van der Waals surface area contributed by atoms with Crippen molar-refractivity contribution in [2.75, 3.05) is 59.5 Å². The van der Waals surface area contributed by atoms with Gasteiger partial charge in [0.2, 0.25) is 0 Å². The molecular weight excluding hydrogens is 846 g/mol. The number of hydroxylamine groups is 4. The van der Waals surface area contributed by atoms with E-state index < -0.39 is 22.2 Å². The van der Waals surface area contributed by atoms with Gasteiger partial charge in [0.05, 0.1) is 0 Å². The van der Waals surface area contributed by atoms with Crippen molar-refractivity contribution in [1.82, 2.24) is 10.1 Å². The maximum absolute atomic E-state index is 12.4. The van der Waals surface area contributed by atoms with Gasteiger partial charge in [0, 0.05) is 122 Å². The van der Waals surface area contributed by atoms with Crippen molar-refractivity contribution in [3.63, 3.8) is 0 Å². The summed E-state index contributed by atoms with van der Waals surface area (Å²) in [7, 11) is 0. The summed E-state index contributed by atoms with van der Waals surface area (Å²) >= 11 is 23.5. The molecule has 0 amide bonds. The van der Waals surface area contributed by atoms with E-state index in [0.717, 1.165) is 68.3 Å². The highest BCUT2D eigenvalue weighted by atomic mass is 35.5. The van der Waals surface area contributed by atoms with Crippen molar-refractivity contribution in [3.8, 4) is 0 Å². The second-order valence-electron chi connectivity index (χ2n) is 18.7. The molecule has 0 saturated carbocycles. The average molecular weight is 918 g/mol. The highest BCUT2D eigenvalue weighted by Gasteiger charge is 2.46. The van der Waals surface area contributed by atoms with Gasteiger partial charge in [-0.2, -0.15) is 5.06 Å². The number of ether oxygens (including phenoxy) is 2. The van der Waals surface area contributed by atoms with Crippen LogP contribution in [-0.4, -0.2) is 111 Å². The lowest BCUT2D eigenvalue weighted by atomic mass is 9.80. The molecule has 10 nitrogen and oxygen atoms in total. The Kier molecular flexibility index (Phi) is 21.1. The zero-order valence-electron chi connectivity index (χ0n) is 37.3. The molecule has 0 radical (unpaired) electrons. The van der Waals surface area contributed by atoms with Crippen LogP contribution in [0, 0.1) is 5.21 Å². The van der Waals surface area contributed by atoms with Gasteiger partial charge >= 0.3 is 11.9 Å². The highest BCUT2D eigenvalue weighted by Crippen LogP contribution is 2.39. The fourth-order valence-corrected chi connectivity index (χ4v) is 9.59. The van der Waals surface area contributed by atoms with Crippen molar-refractivity contribution in [2.24, 2.45) is 0 Å². The molecule has 0 atom stereocenters. The summed E-state index contributed by atoms with van der Waals surface area (Å²) in [6, 6.07) is 16.7. The first-order valence-electron chi connectivity index (χ1n) is 21.5. The fourth-order valence-electron chi connectivity index (χ4n) is 8.78. The molecule has 0 bridgehead atoms. The molecule has 0 unspecified atom stereocenters. The van der Waals surface area contributed by atoms with E-state index in [1.807, 2.05) is 55.4 Å². The van der Waals surface area contributed by atoms with Gasteiger partial charge in [-0.05, 0) is 116 Å². The Morgan fingerprint density at radius 3 is 1.20 bits per heavy atom. The highest BCUT2D eigenvalue weighted by molar-refractivity contribution is 6.19. The summed E-state index contributed by atoms with van der Waals surface area (Å²) in [5, 5.41) is 25.3. The largest absolute Gasteiger partial charge is 0.784 e. The number of alkyl halides is 4. The number of carbonyl (C=O) groups excluding carboxylic acids is 2. The quantitative estimate of drug-likeness (QED) is 0.102. The summed E-state index contributed by atoms with van der Waals surface area (Å²) in [5.41, 5.74) is 2.69. The van der Waals surface area contributed by atoms with Crippen LogP contribution in [-0.2, 0) is 31.9 Å². The minimum absolute atomic E-state index is 0.162. The Morgan fingerprint density at radius 2 is 0.900 bits per heavy atom. The van der Waals surface area contributed by atoms with Crippen molar-refractivity contribution >= 4 is 69.7 Å². The van der Waals surface area contributed by atoms with E-state index in [4.69, 9.17) is 55.9 Å². The molecule has 60 heavy (non-hydrogen) atoms. The molecule has 0 spiro atoms. The number of halogens is 4. The number of benzene rings is 2. The third kappa shape index (κ3) is 16.3. The van der Waals surface area contributed by atoms with Gasteiger partial charge in [0.25, 0.3) is 0 Å². The second-order valence-corrected chi connectivity index (χ2v) is 20.2. The fraction of sp³-hybridized carbons (Fsp3) is 0.696. The Morgan fingerprint density at radius 1 is 0.600 bits per heavy atom. The number of aryl methyl sites for hydroxylation is 2. The molecule has 0 aromatic heterocycles. The van der Waals surface area contributed by atoms with Crippen LogP contribution in [0.4, 0.5) is 11.4 Å². The Balaban J connectivity index is 0.000000320. The Hall–Kier alpha value is -2.02. The van der Waals surface area contributed by atoms with Crippen LogP contribution < -0.4 is 9.80 Å². The van der Waals surface area contributed by atoms with Crippen LogP contribution in [0.25, 0.3) is 0 Å².